The van der Waals surface area contributed by atoms with E-state index in [0.29, 0.717) is 0 Å². The van der Waals surface area contributed by atoms with Crippen molar-refractivity contribution in [3.05, 3.63) is 37.4 Å². The molecule has 0 saturated carbocycles. The van der Waals surface area contributed by atoms with E-state index in [1.54, 1.807) is 0 Å². The first-order chi connectivity index (χ1) is 22.8. The first kappa shape index (κ1) is 47.4. The molecule has 0 aliphatic heterocycles. The van der Waals surface area contributed by atoms with Crippen LogP contribution in [0.15, 0.2) is 37.4 Å². The van der Waals surface area contributed by atoms with Crippen LogP contribution in [0.3, 0.4) is 0 Å². The molecular formula is C42H80Br2N4. The summed E-state index contributed by atoms with van der Waals surface area (Å²) in [5.41, 5.74) is 0. The van der Waals surface area contributed by atoms with Crippen molar-refractivity contribution in [2.45, 2.75) is 233 Å². The molecule has 0 N–H and O–H groups in total. The number of unbranched alkanes of at least 4 members (excludes halogenated alkanes) is 27. The van der Waals surface area contributed by atoms with Crippen LogP contribution >= 0.6 is 0 Å². The molecule has 2 rings (SSSR count). The minimum atomic E-state index is 0. The zero-order valence-corrected chi connectivity index (χ0v) is 35.2. The van der Waals surface area contributed by atoms with E-state index in [-0.39, 0.29) is 34.0 Å². The van der Waals surface area contributed by atoms with Crippen LogP contribution in [0.5, 0.6) is 0 Å². The molecule has 0 bridgehead atoms. The Hall–Kier alpha value is -0.620. The highest BCUT2D eigenvalue weighted by molar-refractivity contribution is 4.68. The maximum atomic E-state index is 2.40. The molecule has 48 heavy (non-hydrogen) atoms. The lowest BCUT2D eigenvalue weighted by Crippen LogP contribution is -3.00. The van der Waals surface area contributed by atoms with Gasteiger partial charge < -0.3 is 34.0 Å². The van der Waals surface area contributed by atoms with Gasteiger partial charge >= 0.3 is 0 Å². The molecule has 0 aliphatic carbocycles. The lowest BCUT2D eigenvalue weighted by molar-refractivity contribution is -0.697. The minimum Gasteiger partial charge on any atom is -1.00 e. The second-order valence-corrected chi connectivity index (χ2v) is 14.7. The van der Waals surface area contributed by atoms with E-state index in [4.69, 9.17) is 0 Å². The highest BCUT2D eigenvalue weighted by Gasteiger charge is 2.06. The zero-order valence-electron chi connectivity index (χ0n) is 32.1. The standard InChI is InChI=1S/C42H80N4.2BrH/c1-3-5-7-9-11-13-15-17-19-21-23-25-27-29-33-43-37-39-45(41-43)35-31-32-36-46-40-38-44(42-46)34-30-28-26-24-22-20-18-16-14-12-10-8-6-4-2;;/h37-42H,3-36H2,1-2H3;2*1H/q+2;;/p-2. The van der Waals surface area contributed by atoms with Crippen LogP contribution in [-0.4, -0.2) is 9.13 Å². The summed E-state index contributed by atoms with van der Waals surface area (Å²) in [6, 6.07) is 0. The summed E-state index contributed by atoms with van der Waals surface area (Å²) in [4.78, 5) is 0. The molecule has 0 radical (unpaired) electrons. The van der Waals surface area contributed by atoms with Crippen molar-refractivity contribution in [1.29, 1.82) is 0 Å². The van der Waals surface area contributed by atoms with Gasteiger partial charge in [0.1, 0.15) is 24.8 Å². The van der Waals surface area contributed by atoms with E-state index in [9.17, 15) is 0 Å². The van der Waals surface area contributed by atoms with Crippen molar-refractivity contribution in [3.8, 4) is 0 Å². The van der Waals surface area contributed by atoms with Gasteiger partial charge in [0.15, 0.2) is 0 Å². The second kappa shape index (κ2) is 36.2. The van der Waals surface area contributed by atoms with Gasteiger partial charge in [0, 0.05) is 0 Å². The fourth-order valence-corrected chi connectivity index (χ4v) is 6.97. The molecule has 0 saturated heterocycles. The van der Waals surface area contributed by atoms with Crippen LogP contribution < -0.4 is 43.1 Å². The largest absolute Gasteiger partial charge is 1.00 e. The van der Waals surface area contributed by atoms with Crippen LogP contribution in [0.1, 0.15) is 206 Å². The lowest BCUT2D eigenvalue weighted by atomic mass is 10.0. The summed E-state index contributed by atoms with van der Waals surface area (Å²) in [6.45, 7) is 9.22. The van der Waals surface area contributed by atoms with Gasteiger partial charge in [0.05, 0.1) is 26.2 Å². The molecule has 4 nitrogen and oxygen atoms in total. The Labute approximate surface area is 320 Å². The lowest BCUT2D eigenvalue weighted by Gasteiger charge is -2.03. The Morgan fingerprint density at radius 2 is 0.583 bits per heavy atom. The minimum absolute atomic E-state index is 0. The average molecular weight is 801 g/mol. The first-order valence-electron chi connectivity index (χ1n) is 20.9. The van der Waals surface area contributed by atoms with E-state index >= 15 is 0 Å². The van der Waals surface area contributed by atoms with Crippen LogP contribution in [0, 0.1) is 0 Å². The summed E-state index contributed by atoms with van der Waals surface area (Å²) in [7, 11) is 0. The van der Waals surface area contributed by atoms with E-state index < -0.39 is 0 Å². The molecule has 0 atom stereocenters. The third kappa shape index (κ3) is 28.1. The van der Waals surface area contributed by atoms with E-state index in [0.717, 1.165) is 13.1 Å². The smallest absolute Gasteiger partial charge is 0.243 e. The molecule has 0 amide bonds. The van der Waals surface area contributed by atoms with Gasteiger partial charge in [-0.2, -0.15) is 0 Å². The van der Waals surface area contributed by atoms with Crippen LogP contribution in [0.25, 0.3) is 0 Å². The fraction of sp³-hybridized carbons (Fsp3) is 0.857. The van der Waals surface area contributed by atoms with Crippen LogP contribution in [-0.2, 0) is 26.2 Å². The topological polar surface area (TPSA) is 17.6 Å². The van der Waals surface area contributed by atoms with Crippen molar-refractivity contribution < 1.29 is 43.1 Å². The summed E-state index contributed by atoms with van der Waals surface area (Å²) in [6.07, 6.45) is 56.2. The number of hydrogen-bond acceptors (Lipinski definition) is 0. The Morgan fingerprint density at radius 1 is 0.333 bits per heavy atom. The molecule has 2 aromatic heterocycles. The zero-order chi connectivity index (χ0) is 32.6. The third-order valence-corrected chi connectivity index (χ3v) is 10.1. The molecule has 6 heteroatoms. The number of rotatable bonds is 35. The van der Waals surface area contributed by atoms with Gasteiger partial charge in [0.2, 0.25) is 12.7 Å². The maximum absolute atomic E-state index is 2.40. The van der Waals surface area contributed by atoms with Crippen LogP contribution in [0.4, 0.5) is 0 Å². The van der Waals surface area contributed by atoms with Gasteiger partial charge in [-0.1, -0.05) is 168 Å². The Balaban J connectivity index is 0.0000110. The number of aryl methyl sites for hydroxylation is 4. The second-order valence-electron chi connectivity index (χ2n) is 14.7. The molecule has 0 unspecified atom stereocenters. The normalized spacial score (nSPS) is 11.1. The molecule has 282 valence electrons. The summed E-state index contributed by atoms with van der Waals surface area (Å²) in [5, 5.41) is 0. The number of hydrogen-bond donors (Lipinski definition) is 0. The van der Waals surface area contributed by atoms with Crippen LogP contribution in [0.2, 0.25) is 0 Å². The Bertz CT molecular complexity index is 824. The molecular weight excluding hydrogens is 720 g/mol. The van der Waals surface area contributed by atoms with Crippen molar-refractivity contribution in [2.75, 3.05) is 0 Å². The highest BCUT2D eigenvalue weighted by Crippen LogP contribution is 2.14. The molecule has 0 aliphatic rings. The predicted octanol–water partition coefficient (Wildman–Crippen LogP) is 6.32. The van der Waals surface area contributed by atoms with Crippen molar-refractivity contribution in [2.24, 2.45) is 0 Å². The number of aromatic nitrogens is 4. The van der Waals surface area contributed by atoms with Gasteiger partial charge in [0.25, 0.3) is 0 Å². The highest BCUT2D eigenvalue weighted by atomic mass is 79.9. The predicted molar refractivity (Wildman–Crippen MR) is 199 cm³/mol. The van der Waals surface area contributed by atoms with E-state index in [1.807, 2.05) is 0 Å². The monoisotopic (exact) mass is 798 g/mol. The number of nitrogens with zero attached hydrogens (tertiary/aromatic N) is 4. The quantitative estimate of drug-likeness (QED) is 0.0575. The number of imidazole rings is 2. The summed E-state index contributed by atoms with van der Waals surface area (Å²) < 4.78 is 9.56. The van der Waals surface area contributed by atoms with Crippen molar-refractivity contribution in [3.63, 3.8) is 0 Å². The molecule has 0 fully saturated rings. The van der Waals surface area contributed by atoms with Gasteiger partial charge in [-0.25, -0.2) is 18.3 Å². The maximum Gasteiger partial charge on any atom is 0.243 e. The van der Waals surface area contributed by atoms with Gasteiger partial charge in [-0.3, -0.25) is 0 Å². The first-order valence-corrected chi connectivity index (χ1v) is 20.9. The van der Waals surface area contributed by atoms with Gasteiger partial charge in [-0.15, -0.1) is 0 Å². The molecule has 2 heterocycles. The molecule has 2 aromatic rings. The summed E-state index contributed by atoms with van der Waals surface area (Å²) in [5.74, 6) is 0. The van der Waals surface area contributed by atoms with E-state index in [2.05, 4.69) is 69.6 Å². The van der Waals surface area contributed by atoms with Crippen molar-refractivity contribution in [1.82, 2.24) is 9.13 Å². The van der Waals surface area contributed by atoms with E-state index in [1.165, 1.54) is 206 Å². The van der Waals surface area contributed by atoms with Crippen molar-refractivity contribution >= 4 is 0 Å². The SMILES string of the molecule is CCCCCCCCCCCCCCCC[n+]1ccn(CCCCn2cc[n+](CCCCCCCCCCCCCCCC)c2)c1.[Br-].[Br-]. The third-order valence-electron chi connectivity index (χ3n) is 10.1. The average Bonchev–Trinajstić information content (AvgIpc) is 3.72. The number of halogens is 2. The van der Waals surface area contributed by atoms with Gasteiger partial charge in [-0.05, 0) is 38.5 Å². The summed E-state index contributed by atoms with van der Waals surface area (Å²) >= 11 is 0. The molecule has 0 aromatic carbocycles. The fourth-order valence-electron chi connectivity index (χ4n) is 6.97. The Kier molecular flexibility index (Phi) is 35.7. The molecule has 0 spiro atoms. The Morgan fingerprint density at radius 3 is 0.854 bits per heavy atom.